The van der Waals surface area contributed by atoms with Gasteiger partial charge >= 0.3 is 0 Å². The maximum absolute atomic E-state index is 15.7. The molecule has 0 radical (unpaired) electrons. The van der Waals surface area contributed by atoms with Crippen LogP contribution in [0, 0.1) is 11.7 Å². The molecular formula is C46H48FN9O7. The van der Waals surface area contributed by atoms with Gasteiger partial charge in [-0.2, -0.15) is 5.10 Å². The molecule has 4 unspecified atom stereocenters. The summed E-state index contributed by atoms with van der Waals surface area (Å²) in [6.07, 6.45) is 3.35. The van der Waals surface area contributed by atoms with Crippen molar-refractivity contribution in [1.82, 2.24) is 30.2 Å². The highest BCUT2D eigenvalue weighted by Crippen LogP contribution is 2.39. The minimum Gasteiger partial charge on any atom is -0.372 e. The van der Waals surface area contributed by atoms with Crippen molar-refractivity contribution in [3.05, 3.63) is 106 Å². The Morgan fingerprint density at radius 3 is 2.25 bits per heavy atom. The highest BCUT2D eigenvalue weighted by molar-refractivity contribution is 6.23. The van der Waals surface area contributed by atoms with Crippen LogP contribution < -0.4 is 20.4 Å². The highest BCUT2D eigenvalue weighted by Gasteiger charge is 2.47. The molecule has 6 aliphatic heterocycles. The summed E-state index contributed by atoms with van der Waals surface area (Å²) >= 11 is 0. The molecule has 4 saturated heterocycles. The molecule has 3 aromatic carbocycles. The number of piperidine rings is 2. The molecule has 4 fully saturated rings. The third-order valence-electron chi connectivity index (χ3n) is 13.8. The lowest BCUT2D eigenvalue weighted by Crippen LogP contribution is -2.55. The smallest absolute Gasteiger partial charge is 0.262 e. The summed E-state index contributed by atoms with van der Waals surface area (Å²) in [5, 5.41) is 12.4. The van der Waals surface area contributed by atoms with Crippen molar-refractivity contribution in [1.29, 1.82) is 0 Å². The molecule has 10 rings (SSSR count). The summed E-state index contributed by atoms with van der Waals surface area (Å²) in [7, 11) is 1.52. The van der Waals surface area contributed by atoms with E-state index in [4.69, 9.17) is 4.74 Å². The van der Waals surface area contributed by atoms with Crippen molar-refractivity contribution in [2.45, 2.75) is 75.8 Å². The topological polar surface area (TPSA) is 181 Å². The molecule has 6 amide bonds. The van der Waals surface area contributed by atoms with E-state index in [2.05, 4.69) is 30.6 Å². The number of carbonyl (C=O) groups excluding carboxylic acids is 6. The van der Waals surface area contributed by atoms with Crippen molar-refractivity contribution in [2.24, 2.45) is 5.92 Å². The van der Waals surface area contributed by atoms with Gasteiger partial charge in [0.1, 0.15) is 11.9 Å². The molecule has 4 atom stereocenters. The Morgan fingerprint density at radius 1 is 0.873 bits per heavy atom. The van der Waals surface area contributed by atoms with Gasteiger partial charge in [-0.25, -0.2) is 4.39 Å². The molecule has 16 nitrogen and oxygen atoms in total. The van der Waals surface area contributed by atoms with Crippen molar-refractivity contribution in [2.75, 3.05) is 55.0 Å². The van der Waals surface area contributed by atoms with Crippen molar-refractivity contribution in [3.8, 4) is 0 Å². The third-order valence-corrected chi connectivity index (χ3v) is 13.8. The van der Waals surface area contributed by atoms with E-state index in [9.17, 15) is 28.8 Å². The average molecular weight is 858 g/mol. The third kappa shape index (κ3) is 7.41. The van der Waals surface area contributed by atoms with Crippen LogP contribution in [0.4, 0.5) is 21.6 Å². The van der Waals surface area contributed by atoms with Crippen LogP contribution >= 0.6 is 0 Å². The van der Waals surface area contributed by atoms with Gasteiger partial charge in [0.2, 0.25) is 11.8 Å². The normalized spacial score (nSPS) is 23.0. The number of fused-ring (bicyclic) bond motifs is 4. The first-order chi connectivity index (χ1) is 30.5. The quantitative estimate of drug-likeness (QED) is 0.196. The Labute approximate surface area is 362 Å². The predicted molar refractivity (Wildman–Crippen MR) is 227 cm³/mol. The second kappa shape index (κ2) is 16.3. The number of anilines is 3. The van der Waals surface area contributed by atoms with Gasteiger partial charge in [-0.1, -0.05) is 30.3 Å². The number of piperazine rings is 1. The zero-order valence-electron chi connectivity index (χ0n) is 34.8. The number of halogens is 1. The molecule has 17 heteroatoms. The van der Waals surface area contributed by atoms with E-state index in [0.717, 1.165) is 78.8 Å². The van der Waals surface area contributed by atoms with Gasteiger partial charge in [0.05, 0.1) is 35.6 Å². The van der Waals surface area contributed by atoms with Gasteiger partial charge in [-0.3, -0.25) is 49.0 Å². The van der Waals surface area contributed by atoms with E-state index in [0.29, 0.717) is 49.2 Å². The number of hydrogen-bond acceptors (Lipinski definition) is 11. The van der Waals surface area contributed by atoms with Crippen LogP contribution in [0.3, 0.4) is 0 Å². The molecule has 3 N–H and O–H groups in total. The number of benzene rings is 3. The Kier molecular flexibility index (Phi) is 10.5. The standard InChI is InChI=1S/C46H48FN9O7/c1-63-40(27-5-3-2-4-6-27)46(62)54-24-34-36(25-54)50-51-41(34)49-42(58)28-7-9-29(10-8-28)52-17-15-26(16-18-52)21-55-30-11-12-31(55)23-53(22-30)38-20-33-32(19-35(38)47)44(60)56(45(33)61)37-13-14-39(57)48-43(37)59/h2-10,19-20,26,30-31,37,40H,11-18,21-25H2,1H3,(H,48,57,59)(H2,49,50,51,58). The number of amides is 6. The molecule has 6 aliphatic rings. The largest absolute Gasteiger partial charge is 0.372 e. The van der Waals surface area contributed by atoms with Gasteiger partial charge in [0.25, 0.3) is 23.6 Å². The molecule has 0 aliphatic carbocycles. The lowest BCUT2D eigenvalue weighted by molar-refractivity contribution is -0.143. The summed E-state index contributed by atoms with van der Waals surface area (Å²) in [4.78, 5) is 87.1. The minimum atomic E-state index is -1.10. The first-order valence-electron chi connectivity index (χ1n) is 21.7. The summed E-state index contributed by atoms with van der Waals surface area (Å²) in [5.74, 6) is -2.62. The van der Waals surface area contributed by atoms with Crippen LogP contribution in [0.2, 0.25) is 0 Å². The number of rotatable bonds is 10. The molecule has 0 spiro atoms. The number of nitrogens with zero attached hydrogens (tertiary/aromatic N) is 6. The van der Waals surface area contributed by atoms with Crippen LogP contribution in [-0.2, 0) is 32.2 Å². The molecule has 7 heterocycles. The first kappa shape index (κ1) is 40.6. The lowest BCUT2D eigenvalue weighted by Gasteiger charge is -2.44. The van der Waals surface area contributed by atoms with Crippen LogP contribution in [0.1, 0.15) is 92.5 Å². The second-order valence-corrected chi connectivity index (χ2v) is 17.5. The number of methoxy groups -OCH3 is 1. The fourth-order valence-corrected chi connectivity index (χ4v) is 10.5. The Hall–Kier alpha value is -6.46. The van der Waals surface area contributed by atoms with Gasteiger partial charge in [-0.05, 0) is 80.0 Å². The number of aromatic nitrogens is 2. The zero-order valence-corrected chi connectivity index (χ0v) is 34.8. The Morgan fingerprint density at radius 2 is 1.57 bits per heavy atom. The molecular weight excluding hydrogens is 810 g/mol. The number of carbonyl (C=O) groups is 6. The van der Waals surface area contributed by atoms with Crippen molar-refractivity contribution in [3.63, 3.8) is 0 Å². The van der Waals surface area contributed by atoms with Gasteiger partial charge in [-0.15, -0.1) is 0 Å². The number of hydrogen-bond donors (Lipinski definition) is 3. The van der Waals surface area contributed by atoms with Gasteiger partial charge in [0, 0.05) is 75.2 Å². The van der Waals surface area contributed by atoms with Gasteiger partial charge < -0.3 is 24.8 Å². The van der Waals surface area contributed by atoms with Crippen molar-refractivity contribution < 1.29 is 37.9 Å². The maximum atomic E-state index is 15.7. The SMILES string of the molecule is COC(C(=O)N1Cc2[nH]nc(NC(=O)c3ccc(N4CCC(CN5C6CCC5CN(c5cc7c(cc5F)C(=O)N(C5CCC(=O)NC5=O)C7=O)C6)CC4)cc3)c2C1)c1ccccc1. The molecule has 4 aromatic rings. The minimum absolute atomic E-state index is 0.0151. The van der Waals surface area contributed by atoms with E-state index in [1.54, 1.807) is 4.90 Å². The molecule has 0 saturated carbocycles. The van der Waals surface area contributed by atoms with E-state index >= 15 is 4.39 Å². The number of nitrogens with one attached hydrogen (secondary N) is 3. The monoisotopic (exact) mass is 857 g/mol. The molecule has 1 aromatic heterocycles. The molecule has 63 heavy (non-hydrogen) atoms. The predicted octanol–water partition coefficient (Wildman–Crippen LogP) is 4.00. The van der Waals surface area contributed by atoms with Crippen LogP contribution in [-0.4, -0.2) is 118 Å². The van der Waals surface area contributed by atoms with E-state index in [-0.39, 0.29) is 47.9 Å². The number of imide groups is 2. The molecule has 326 valence electrons. The maximum Gasteiger partial charge on any atom is 0.262 e. The van der Waals surface area contributed by atoms with Crippen LogP contribution in [0.5, 0.6) is 0 Å². The van der Waals surface area contributed by atoms with E-state index in [1.807, 2.05) is 59.5 Å². The lowest BCUT2D eigenvalue weighted by atomic mass is 9.94. The number of H-pyrrole nitrogens is 1. The van der Waals surface area contributed by atoms with E-state index in [1.165, 1.54) is 13.2 Å². The Bertz CT molecular complexity index is 2490. The number of aromatic amines is 1. The summed E-state index contributed by atoms with van der Waals surface area (Å²) < 4.78 is 21.3. The summed E-state index contributed by atoms with van der Waals surface area (Å²) in [5.41, 5.74) is 4.20. The fraction of sp³-hybridized carbons (Fsp3) is 0.413. The first-order valence-corrected chi connectivity index (χ1v) is 21.7. The summed E-state index contributed by atoms with van der Waals surface area (Å²) in [6.45, 7) is 4.59. The average Bonchev–Trinajstić information content (AvgIpc) is 4.00. The summed E-state index contributed by atoms with van der Waals surface area (Å²) in [6, 6.07) is 18.9. The fourth-order valence-electron chi connectivity index (χ4n) is 10.5. The van der Waals surface area contributed by atoms with Gasteiger partial charge in [0.15, 0.2) is 11.9 Å². The van der Waals surface area contributed by atoms with Crippen molar-refractivity contribution >= 4 is 52.6 Å². The zero-order chi connectivity index (χ0) is 43.5. The second-order valence-electron chi connectivity index (χ2n) is 17.5. The number of ether oxygens (including phenoxy) is 1. The highest BCUT2D eigenvalue weighted by atomic mass is 19.1. The van der Waals surface area contributed by atoms with Crippen LogP contribution in [0.15, 0.2) is 66.7 Å². The van der Waals surface area contributed by atoms with E-state index < -0.39 is 41.6 Å². The molecule has 2 bridgehead atoms. The Balaban J connectivity index is 0.712. The van der Waals surface area contributed by atoms with Crippen LogP contribution in [0.25, 0.3) is 0 Å².